The number of aryl methyl sites for hydroxylation is 1. The van der Waals surface area contributed by atoms with Crippen LogP contribution in [-0.2, 0) is 11.2 Å². The Balaban J connectivity index is 1.43. The lowest BCUT2D eigenvalue weighted by molar-refractivity contribution is 0.126. The van der Waals surface area contributed by atoms with E-state index in [1.165, 1.54) is 51.4 Å². The number of hydrogen-bond acceptors (Lipinski definition) is 4. The first-order valence-corrected chi connectivity index (χ1v) is 9.85. The van der Waals surface area contributed by atoms with Crippen molar-refractivity contribution in [2.45, 2.75) is 77.6 Å². The van der Waals surface area contributed by atoms with Gasteiger partial charge in [-0.3, -0.25) is 4.98 Å². The number of furan rings is 1. The Kier molecular flexibility index (Phi) is 9.34. The van der Waals surface area contributed by atoms with Crippen molar-refractivity contribution in [3.05, 3.63) is 28.5 Å². The normalized spacial score (nSPS) is 11.4. The molecule has 2 aromatic heterocycles. The van der Waals surface area contributed by atoms with E-state index < -0.39 is 0 Å². The monoisotopic (exact) mass is 348 g/mol. The first kappa shape index (κ1) is 19.7. The Morgan fingerprint density at radius 3 is 2.44 bits per heavy atom. The molecule has 0 radical (unpaired) electrons. The van der Waals surface area contributed by atoms with Gasteiger partial charge < -0.3 is 9.15 Å². The summed E-state index contributed by atoms with van der Waals surface area (Å²) in [7, 11) is 0. The third-order valence-corrected chi connectivity index (χ3v) is 4.46. The molecule has 0 aliphatic heterocycles. The molecule has 2 heterocycles. The molecule has 25 heavy (non-hydrogen) atoms. The molecular formula is C20H32N2O3. The number of hydrogen-bond donors (Lipinski definition) is 1. The van der Waals surface area contributed by atoms with E-state index in [-0.39, 0.29) is 5.69 Å². The molecule has 0 aliphatic carbocycles. The van der Waals surface area contributed by atoms with Crippen LogP contribution in [-0.4, -0.2) is 23.2 Å². The molecule has 0 amide bonds. The van der Waals surface area contributed by atoms with Crippen LogP contribution in [0.15, 0.2) is 21.5 Å². The summed E-state index contributed by atoms with van der Waals surface area (Å²) >= 11 is 0. The van der Waals surface area contributed by atoms with Crippen LogP contribution < -0.4 is 5.69 Å². The van der Waals surface area contributed by atoms with Crippen molar-refractivity contribution in [2.75, 3.05) is 13.2 Å². The van der Waals surface area contributed by atoms with Gasteiger partial charge in [-0.1, -0.05) is 51.9 Å². The molecular weight excluding hydrogens is 316 g/mol. The molecule has 2 rings (SSSR count). The third kappa shape index (κ3) is 7.86. The van der Waals surface area contributed by atoms with Gasteiger partial charge in [-0.05, 0) is 25.3 Å². The Bertz CT molecular complexity index is 648. The van der Waals surface area contributed by atoms with Crippen molar-refractivity contribution in [3.63, 3.8) is 0 Å². The molecule has 0 bridgehead atoms. The maximum Gasteiger partial charge on any atom is 0.347 e. The van der Waals surface area contributed by atoms with Crippen molar-refractivity contribution in [2.24, 2.45) is 0 Å². The van der Waals surface area contributed by atoms with Crippen molar-refractivity contribution in [1.29, 1.82) is 0 Å². The molecule has 0 aromatic carbocycles. The Hall–Kier alpha value is -1.62. The first-order chi connectivity index (χ1) is 12.3. The van der Waals surface area contributed by atoms with E-state index in [4.69, 9.17) is 9.15 Å². The number of unbranched alkanes of at least 4 members (excludes halogenated alkanes) is 8. The van der Waals surface area contributed by atoms with E-state index in [1.807, 2.05) is 6.07 Å². The highest BCUT2D eigenvalue weighted by Crippen LogP contribution is 2.16. The smallest absolute Gasteiger partial charge is 0.347 e. The van der Waals surface area contributed by atoms with Gasteiger partial charge in [0.25, 0.3) is 0 Å². The van der Waals surface area contributed by atoms with Crippen LogP contribution in [0.25, 0.3) is 11.1 Å². The number of fused-ring (bicyclic) bond motifs is 1. The Morgan fingerprint density at radius 2 is 1.68 bits per heavy atom. The van der Waals surface area contributed by atoms with Crippen LogP contribution >= 0.6 is 0 Å². The molecule has 1 N–H and O–H groups in total. The van der Waals surface area contributed by atoms with Crippen molar-refractivity contribution in [3.8, 4) is 0 Å². The van der Waals surface area contributed by atoms with E-state index in [2.05, 4.69) is 16.9 Å². The highest BCUT2D eigenvalue weighted by molar-refractivity contribution is 5.72. The summed E-state index contributed by atoms with van der Waals surface area (Å²) in [5.41, 5.74) is 0.142. The number of H-pyrrole nitrogens is 1. The molecule has 5 nitrogen and oxygen atoms in total. The second kappa shape index (κ2) is 11.9. The fraction of sp³-hybridized carbons (Fsp3) is 0.700. The second-order valence-corrected chi connectivity index (χ2v) is 6.73. The minimum Gasteiger partial charge on any atom is -0.445 e. The van der Waals surface area contributed by atoms with Crippen LogP contribution in [0.5, 0.6) is 0 Å². The molecule has 140 valence electrons. The Morgan fingerprint density at radius 1 is 1.00 bits per heavy atom. The number of nitrogens with zero attached hydrogens (tertiary/aromatic N) is 1. The predicted octanol–water partition coefficient (Wildman–Crippen LogP) is 5.00. The summed E-state index contributed by atoms with van der Waals surface area (Å²) in [5.74, 6) is 0.890. The highest BCUT2D eigenvalue weighted by atomic mass is 16.5. The lowest BCUT2D eigenvalue weighted by Gasteiger charge is -2.04. The standard InChI is InChI=1S/C20H32N2O3/c1-2-3-4-5-6-7-8-10-13-24-14-11-9-12-18-15-17-16-21-20(23)22-19(17)25-18/h15-16H,2-14H2,1H3,(H,21,22,23). The van der Waals surface area contributed by atoms with Crippen LogP contribution in [0.1, 0.15) is 76.9 Å². The summed E-state index contributed by atoms with van der Waals surface area (Å²) in [4.78, 5) is 17.4. The third-order valence-electron chi connectivity index (χ3n) is 4.46. The van der Waals surface area contributed by atoms with Gasteiger partial charge in [0.05, 0.1) is 5.39 Å². The number of aromatic amines is 1. The van der Waals surface area contributed by atoms with Crippen LogP contribution in [0.3, 0.4) is 0 Å². The highest BCUT2D eigenvalue weighted by Gasteiger charge is 2.04. The fourth-order valence-electron chi connectivity index (χ4n) is 2.98. The summed E-state index contributed by atoms with van der Waals surface area (Å²) in [6.07, 6.45) is 15.1. The molecule has 0 saturated carbocycles. The summed E-state index contributed by atoms with van der Waals surface area (Å²) in [5, 5.41) is 0.848. The molecule has 0 aliphatic rings. The molecule has 0 unspecified atom stereocenters. The largest absolute Gasteiger partial charge is 0.445 e. The minimum absolute atomic E-state index is 0.372. The maximum atomic E-state index is 11.1. The quantitative estimate of drug-likeness (QED) is 0.488. The average Bonchev–Trinajstić information content (AvgIpc) is 3.01. The lowest BCUT2D eigenvalue weighted by atomic mass is 10.1. The van der Waals surface area contributed by atoms with Crippen molar-refractivity contribution >= 4 is 11.1 Å². The van der Waals surface area contributed by atoms with Crippen molar-refractivity contribution in [1.82, 2.24) is 9.97 Å². The maximum absolute atomic E-state index is 11.1. The first-order valence-electron chi connectivity index (χ1n) is 9.85. The van der Waals surface area contributed by atoms with Crippen LogP contribution in [0.4, 0.5) is 0 Å². The second-order valence-electron chi connectivity index (χ2n) is 6.73. The predicted molar refractivity (Wildman–Crippen MR) is 101 cm³/mol. The van der Waals surface area contributed by atoms with Gasteiger partial charge in [-0.15, -0.1) is 0 Å². The van der Waals surface area contributed by atoms with Gasteiger partial charge in [0.2, 0.25) is 5.71 Å². The Labute approximate surface area is 150 Å². The minimum atomic E-state index is -0.372. The van der Waals surface area contributed by atoms with Crippen LogP contribution in [0.2, 0.25) is 0 Å². The zero-order valence-electron chi connectivity index (χ0n) is 15.5. The molecule has 0 atom stereocenters. The summed E-state index contributed by atoms with van der Waals surface area (Å²) in [6, 6.07) is 1.94. The zero-order chi connectivity index (χ0) is 17.7. The molecule has 5 heteroatoms. The van der Waals surface area contributed by atoms with Crippen LogP contribution in [0, 0.1) is 0 Å². The number of nitrogens with one attached hydrogen (secondary N) is 1. The van der Waals surface area contributed by atoms with E-state index in [0.717, 1.165) is 43.6 Å². The fourth-order valence-corrected chi connectivity index (χ4v) is 2.98. The average molecular weight is 348 g/mol. The topological polar surface area (TPSA) is 68.1 Å². The zero-order valence-corrected chi connectivity index (χ0v) is 15.5. The number of aromatic nitrogens is 2. The van der Waals surface area contributed by atoms with Gasteiger partial charge >= 0.3 is 5.69 Å². The number of rotatable bonds is 14. The number of ether oxygens (including phenoxy) is 1. The van der Waals surface area contributed by atoms with Gasteiger partial charge in [-0.25, -0.2) is 9.78 Å². The summed E-state index contributed by atoms with van der Waals surface area (Å²) in [6.45, 7) is 3.95. The lowest BCUT2D eigenvalue weighted by Crippen LogP contribution is -2.07. The van der Waals surface area contributed by atoms with E-state index in [9.17, 15) is 4.79 Å². The van der Waals surface area contributed by atoms with Gasteiger partial charge in [0.15, 0.2) is 0 Å². The van der Waals surface area contributed by atoms with E-state index in [1.54, 1.807) is 6.20 Å². The van der Waals surface area contributed by atoms with Gasteiger partial charge in [0, 0.05) is 25.8 Å². The van der Waals surface area contributed by atoms with E-state index in [0.29, 0.717) is 5.71 Å². The molecule has 2 aromatic rings. The molecule has 0 saturated heterocycles. The van der Waals surface area contributed by atoms with Gasteiger partial charge in [-0.2, -0.15) is 0 Å². The van der Waals surface area contributed by atoms with E-state index >= 15 is 0 Å². The summed E-state index contributed by atoms with van der Waals surface area (Å²) < 4.78 is 11.3. The molecule has 0 spiro atoms. The SMILES string of the molecule is CCCCCCCCCCOCCCCc1cc2cnc(=O)[nH]c2o1. The molecule has 0 fully saturated rings. The van der Waals surface area contributed by atoms with Gasteiger partial charge in [0.1, 0.15) is 5.76 Å². The van der Waals surface area contributed by atoms with Crippen molar-refractivity contribution < 1.29 is 9.15 Å².